The molecule has 1 aromatic rings. The first-order valence-electron chi connectivity index (χ1n) is 7.65. The number of nitrogens with zero attached hydrogens (tertiary/aromatic N) is 1. The number of hydrogen-bond acceptors (Lipinski definition) is 4. The van der Waals surface area contributed by atoms with E-state index in [1.165, 1.54) is 5.56 Å². The van der Waals surface area contributed by atoms with E-state index in [2.05, 4.69) is 36.2 Å². The molecule has 112 valence electrons. The van der Waals surface area contributed by atoms with Crippen LogP contribution in [-0.2, 0) is 6.54 Å². The van der Waals surface area contributed by atoms with Gasteiger partial charge in [-0.2, -0.15) is 0 Å². The second-order valence-electron chi connectivity index (χ2n) is 5.04. The lowest BCUT2D eigenvalue weighted by Crippen LogP contribution is -2.31. The summed E-state index contributed by atoms with van der Waals surface area (Å²) in [6.07, 6.45) is 0.951. The minimum atomic E-state index is 0.742. The van der Waals surface area contributed by atoms with Crippen LogP contribution in [0.3, 0.4) is 0 Å². The Hall–Kier alpha value is -1.26. The molecule has 0 fully saturated rings. The SMILES string of the molecule is CCN(CC)CCNCc1ccc2c(c1)OCCCO2. The maximum Gasteiger partial charge on any atom is 0.161 e. The average Bonchev–Trinajstić information content (AvgIpc) is 2.72. The lowest BCUT2D eigenvalue weighted by atomic mass is 10.2. The van der Waals surface area contributed by atoms with Crippen molar-refractivity contribution < 1.29 is 9.47 Å². The molecule has 1 aliphatic heterocycles. The van der Waals surface area contributed by atoms with E-state index in [1.807, 2.05) is 6.07 Å². The molecule has 0 amide bonds. The van der Waals surface area contributed by atoms with Crippen molar-refractivity contribution in [2.75, 3.05) is 39.4 Å². The zero-order chi connectivity index (χ0) is 14.2. The van der Waals surface area contributed by atoms with Gasteiger partial charge in [-0.3, -0.25) is 0 Å². The fourth-order valence-electron chi connectivity index (χ4n) is 2.33. The summed E-state index contributed by atoms with van der Waals surface area (Å²) in [6.45, 7) is 11.1. The maximum atomic E-state index is 5.71. The predicted octanol–water partition coefficient (Wildman–Crippen LogP) is 2.28. The fourth-order valence-corrected chi connectivity index (χ4v) is 2.33. The molecule has 1 N–H and O–H groups in total. The molecule has 0 atom stereocenters. The molecule has 0 saturated carbocycles. The second kappa shape index (κ2) is 8.12. The van der Waals surface area contributed by atoms with Gasteiger partial charge in [0.05, 0.1) is 13.2 Å². The third kappa shape index (κ3) is 4.39. The summed E-state index contributed by atoms with van der Waals surface area (Å²) in [4.78, 5) is 2.42. The number of hydrogen-bond donors (Lipinski definition) is 1. The largest absolute Gasteiger partial charge is 0.490 e. The Bertz CT molecular complexity index is 405. The summed E-state index contributed by atoms with van der Waals surface area (Å²) in [7, 11) is 0. The first-order chi connectivity index (χ1) is 9.83. The topological polar surface area (TPSA) is 33.7 Å². The highest BCUT2D eigenvalue weighted by Gasteiger charge is 2.10. The molecule has 0 saturated heterocycles. The van der Waals surface area contributed by atoms with Gasteiger partial charge in [0.1, 0.15) is 0 Å². The number of rotatable bonds is 7. The molecule has 20 heavy (non-hydrogen) atoms. The molecule has 0 spiro atoms. The Balaban J connectivity index is 1.80. The van der Waals surface area contributed by atoms with E-state index >= 15 is 0 Å². The van der Waals surface area contributed by atoms with E-state index in [0.29, 0.717) is 0 Å². The molecular weight excluding hydrogens is 252 g/mol. The molecule has 2 rings (SSSR count). The van der Waals surface area contributed by atoms with E-state index in [4.69, 9.17) is 9.47 Å². The molecule has 0 aromatic heterocycles. The van der Waals surface area contributed by atoms with Crippen LogP contribution in [0.1, 0.15) is 25.8 Å². The van der Waals surface area contributed by atoms with Gasteiger partial charge in [0.15, 0.2) is 11.5 Å². The molecule has 0 bridgehead atoms. The van der Waals surface area contributed by atoms with Crippen molar-refractivity contribution in [1.82, 2.24) is 10.2 Å². The third-order valence-corrected chi connectivity index (χ3v) is 3.64. The highest BCUT2D eigenvalue weighted by atomic mass is 16.5. The van der Waals surface area contributed by atoms with Gasteiger partial charge in [-0.25, -0.2) is 0 Å². The summed E-state index contributed by atoms with van der Waals surface area (Å²) in [5.74, 6) is 1.75. The van der Waals surface area contributed by atoms with E-state index in [1.54, 1.807) is 0 Å². The van der Waals surface area contributed by atoms with Crippen LogP contribution in [-0.4, -0.2) is 44.3 Å². The van der Waals surface area contributed by atoms with Crippen LogP contribution in [0.2, 0.25) is 0 Å². The summed E-state index contributed by atoms with van der Waals surface area (Å²) >= 11 is 0. The fraction of sp³-hybridized carbons (Fsp3) is 0.625. The standard InChI is InChI=1S/C16H26N2O2/c1-3-18(4-2)9-8-17-13-14-6-7-15-16(12-14)20-11-5-10-19-15/h6-7,12,17H,3-5,8-11,13H2,1-2H3. The smallest absolute Gasteiger partial charge is 0.161 e. The second-order valence-corrected chi connectivity index (χ2v) is 5.04. The first kappa shape index (κ1) is 15.1. The van der Waals surface area contributed by atoms with Crippen LogP contribution >= 0.6 is 0 Å². The number of benzene rings is 1. The molecule has 4 heteroatoms. The molecule has 0 unspecified atom stereocenters. The van der Waals surface area contributed by atoms with Gasteiger partial charge in [-0.05, 0) is 30.8 Å². The highest BCUT2D eigenvalue weighted by molar-refractivity contribution is 5.43. The molecule has 4 nitrogen and oxygen atoms in total. The first-order valence-corrected chi connectivity index (χ1v) is 7.65. The Labute approximate surface area is 122 Å². The summed E-state index contributed by atoms with van der Waals surface area (Å²) in [5, 5.41) is 3.49. The highest BCUT2D eigenvalue weighted by Crippen LogP contribution is 2.30. The van der Waals surface area contributed by atoms with Gasteiger partial charge in [0.25, 0.3) is 0 Å². The zero-order valence-electron chi connectivity index (χ0n) is 12.7. The van der Waals surface area contributed by atoms with Gasteiger partial charge in [0, 0.05) is 26.1 Å². The Morgan fingerprint density at radius 1 is 1.10 bits per heavy atom. The van der Waals surface area contributed by atoms with Crippen LogP contribution < -0.4 is 14.8 Å². The molecule has 1 aliphatic rings. The lowest BCUT2D eigenvalue weighted by molar-refractivity contribution is 0.297. The molecule has 0 radical (unpaired) electrons. The van der Waals surface area contributed by atoms with E-state index in [-0.39, 0.29) is 0 Å². The van der Waals surface area contributed by atoms with Crippen LogP contribution in [0.15, 0.2) is 18.2 Å². The van der Waals surface area contributed by atoms with Crippen molar-refractivity contribution >= 4 is 0 Å². The van der Waals surface area contributed by atoms with Crippen molar-refractivity contribution in [2.24, 2.45) is 0 Å². The Kier molecular flexibility index (Phi) is 6.15. The van der Waals surface area contributed by atoms with Crippen LogP contribution in [0.4, 0.5) is 0 Å². The van der Waals surface area contributed by atoms with Crippen LogP contribution in [0, 0.1) is 0 Å². The van der Waals surface area contributed by atoms with E-state index in [0.717, 1.165) is 63.9 Å². The summed E-state index contributed by atoms with van der Waals surface area (Å²) in [6, 6.07) is 6.21. The van der Waals surface area contributed by atoms with Gasteiger partial charge in [-0.15, -0.1) is 0 Å². The van der Waals surface area contributed by atoms with Crippen molar-refractivity contribution in [1.29, 1.82) is 0 Å². The lowest BCUT2D eigenvalue weighted by Gasteiger charge is -2.18. The van der Waals surface area contributed by atoms with Gasteiger partial charge in [0.2, 0.25) is 0 Å². The molecule has 1 aromatic carbocycles. The van der Waals surface area contributed by atoms with Crippen LogP contribution in [0.25, 0.3) is 0 Å². The monoisotopic (exact) mass is 278 g/mol. The quantitative estimate of drug-likeness (QED) is 0.776. The van der Waals surface area contributed by atoms with Gasteiger partial charge < -0.3 is 19.7 Å². The van der Waals surface area contributed by atoms with Crippen molar-refractivity contribution in [3.8, 4) is 11.5 Å². The minimum Gasteiger partial charge on any atom is -0.490 e. The van der Waals surface area contributed by atoms with Crippen molar-refractivity contribution in [3.05, 3.63) is 23.8 Å². The molecule has 0 aliphatic carbocycles. The summed E-state index contributed by atoms with van der Waals surface area (Å²) in [5.41, 5.74) is 1.24. The number of likely N-dealkylation sites (N-methyl/N-ethyl adjacent to an activating group) is 1. The zero-order valence-corrected chi connectivity index (χ0v) is 12.7. The molecule has 1 heterocycles. The van der Waals surface area contributed by atoms with E-state index in [9.17, 15) is 0 Å². The molecular formula is C16H26N2O2. The number of fused-ring (bicyclic) bond motifs is 1. The minimum absolute atomic E-state index is 0.742. The van der Waals surface area contributed by atoms with Gasteiger partial charge in [-0.1, -0.05) is 19.9 Å². The Morgan fingerprint density at radius 3 is 2.60 bits per heavy atom. The van der Waals surface area contributed by atoms with Crippen LogP contribution in [0.5, 0.6) is 11.5 Å². The van der Waals surface area contributed by atoms with Crippen molar-refractivity contribution in [2.45, 2.75) is 26.8 Å². The number of nitrogens with one attached hydrogen (secondary N) is 1. The number of ether oxygens (including phenoxy) is 2. The normalized spacial score (nSPS) is 14.3. The maximum absolute atomic E-state index is 5.71. The Morgan fingerprint density at radius 2 is 1.85 bits per heavy atom. The van der Waals surface area contributed by atoms with Gasteiger partial charge >= 0.3 is 0 Å². The van der Waals surface area contributed by atoms with Crippen molar-refractivity contribution in [3.63, 3.8) is 0 Å². The van der Waals surface area contributed by atoms with E-state index < -0.39 is 0 Å². The average molecular weight is 278 g/mol. The predicted molar refractivity (Wildman–Crippen MR) is 81.5 cm³/mol. The third-order valence-electron chi connectivity index (χ3n) is 3.64. The summed E-state index contributed by atoms with van der Waals surface area (Å²) < 4.78 is 11.3.